The molecular formula is C11H14Cl2N2O3. The van der Waals surface area contributed by atoms with E-state index in [0.717, 1.165) is 6.42 Å². The Kier molecular flexibility index (Phi) is 5.65. The number of nitrogens with zero attached hydrogens (tertiary/aromatic N) is 2. The molecule has 100 valence electrons. The van der Waals surface area contributed by atoms with Crippen LogP contribution in [0.3, 0.4) is 0 Å². The van der Waals surface area contributed by atoms with Crippen LogP contribution in [0.1, 0.15) is 13.3 Å². The summed E-state index contributed by atoms with van der Waals surface area (Å²) in [6, 6.07) is 2.70. The molecule has 0 heterocycles. The summed E-state index contributed by atoms with van der Waals surface area (Å²) < 4.78 is 0. The smallest absolute Gasteiger partial charge is 0.294 e. The molecule has 0 unspecified atom stereocenters. The van der Waals surface area contributed by atoms with Crippen molar-refractivity contribution < 1.29 is 10.0 Å². The number of aliphatic hydroxyl groups is 1. The summed E-state index contributed by atoms with van der Waals surface area (Å²) in [6.45, 7) is 2.77. The standard InChI is InChI=1S/C11H14Cl2N2O3/c1-2-3-14(4-5-16)10-6-8(12)9(13)7-11(10)15(17)18/h6-7,16H,2-5H2,1H3. The van der Waals surface area contributed by atoms with E-state index in [1.54, 1.807) is 4.90 Å². The van der Waals surface area contributed by atoms with Gasteiger partial charge in [-0.2, -0.15) is 0 Å². The molecule has 0 aliphatic carbocycles. The van der Waals surface area contributed by atoms with Crippen molar-refractivity contribution in [2.75, 3.05) is 24.6 Å². The highest BCUT2D eigenvalue weighted by Gasteiger charge is 2.21. The van der Waals surface area contributed by atoms with E-state index < -0.39 is 4.92 Å². The summed E-state index contributed by atoms with van der Waals surface area (Å²) in [5.41, 5.74) is 0.275. The van der Waals surface area contributed by atoms with Gasteiger partial charge in [0, 0.05) is 19.2 Å². The molecule has 18 heavy (non-hydrogen) atoms. The first kappa shape index (κ1) is 15.0. The highest BCUT2D eigenvalue weighted by atomic mass is 35.5. The van der Waals surface area contributed by atoms with E-state index in [1.807, 2.05) is 6.92 Å². The van der Waals surface area contributed by atoms with Crippen LogP contribution in [0.5, 0.6) is 0 Å². The molecule has 0 saturated carbocycles. The lowest BCUT2D eigenvalue weighted by molar-refractivity contribution is -0.384. The van der Waals surface area contributed by atoms with Crippen LogP contribution in [0.4, 0.5) is 11.4 Å². The summed E-state index contributed by atoms with van der Waals surface area (Å²) in [5.74, 6) is 0. The highest BCUT2D eigenvalue weighted by Crippen LogP contribution is 2.36. The van der Waals surface area contributed by atoms with Gasteiger partial charge in [0.15, 0.2) is 0 Å². The van der Waals surface area contributed by atoms with Crippen molar-refractivity contribution in [2.24, 2.45) is 0 Å². The molecule has 1 rings (SSSR count). The molecule has 0 spiro atoms. The zero-order valence-electron chi connectivity index (χ0n) is 9.90. The van der Waals surface area contributed by atoms with Crippen molar-refractivity contribution in [2.45, 2.75) is 13.3 Å². The SMILES string of the molecule is CCCN(CCO)c1cc(Cl)c(Cl)cc1[N+](=O)[O-]. The number of hydrogen-bond donors (Lipinski definition) is 1. The Morgan fingerprint density at radius 2 is 1.94 bits per heavy atom. The Balaban J connectivity index is 3.25. The lowest BCUT2D eigenvalue weighted by Crippen LogP contribution is -2.28. The van der Waals surface area contributed by atoms with Crippen LogP contribution in [-0.2, 0) is 0 Å². The molecule has 0 aliphatic rings. The van der Waals surface area contributed by atoms with Gasteiger partial charge >= 0.3 is 0 Å². The molecule has 1 aromatic carbocycles. The lowest BCUT2D eigenvalue weighted by atomic mass is 10.2. The molecule has 0 aliphatic heterocycles. The zero-order valence-corrected chi connectivity index (χ0v) is 11.4. The van der Waals surface area contributed by atoms with Crippen LogP contribution < -0.4 is 4.90 Å². The molecule has 0 saturated heterocycles. The van der Waals surface area contributed by atoms with Crippen LogP contribution in [0.2, 0.25) is 10.0 Å². The molecule has 0 atom stereocenters. The Morgan fingerprint density at radius 3 is 2.44 bits per heavy atom. The predicted octanol–water partition coefficient (Wildman–Crippen LogP) is 3.11. The summed E-state index contributed by atoms with van der Waals surface area (Å²) in [6.07, 6.45) is 0.803. The number of hydrogen-bond acceptors (Lipinski definition) is 4. The van der Waals surface area contributed by atoms with Crippen LogP contribution >= 0.6 is 23.2 Å². The maximum Gasteiger partial charge on any atom is 0.294 e. The third-order valence-electron chi connectivity index (χ3n) is 2.42. The monoisotopic (exact) mass is 292 g/mol. The van der Waals surface area contributed by atoms with Gasteiger partial charge in [0.2, 0.25) is 0 Å². The summed E-state index contributed by atoms with van der Waals surface area (Å²) in [7, 11) is 0. The number of rotatable bonds is 6. The van der Waals surface area contributed by atoms with Gasteiger partial charge in [0.25, 0.3) is 5.69 Å². The van der Waals surface area contributed by atoms with E-state index in [0.29, 0.717) is 18.8 Å². The molecule has 7 heteroatoms. The average molecular weight is 293 g/mol. The van der Waals surface area contributed by atoms with Gasteiger partial charge in [-0.1, -0.05) is 30.1 Å². The second-order valence-corrected chi connectivity index (χ2v) is 4.54. The molecule has 1 N–H and O–H groups in total. The quantitative estimate of drug-likeness (QED) is 0.646. The topological polar surface area (TPSA) is 66.6 Å². The highest BCUT2D eigenvalue weighted by molar-refractivity contribution is 6.42. The van der Waals surface area contributed by atoms with E-state index in [4.69, 9.17) is 28.3 Å². The van der Waals surface area contributed by atoms with Gasteiger partial charge in [0.1, 0.15) is 5.69 Å². The van der Waals surface area contributed by atoms with E-state index in [-0.39, 0.29) is 22.3 Å². The first-order valence-corrected chi connectivity index (χ1v) is 6.26. The van der Waals surface area contributed by atoms with Crippen LogP contribution in [0.15, 0.2) is 12.1 Å². The Bertz CT molecular complexity index is 435. The minimum Gasteiger partial charge on any atom is -0.395 e. The third-order valence-corrected chi connectivity index (χ3v) is 3.14. The van der Waals surface area contributed by atoms with Crippen molar-refractivity contribution in [3.8, 4) is 0 Å². The Labute approximate surface area is 115 Å². The van der Waals surface area contributed by atoms with Gasteiger partial charge in [0.05, 0.1) is 21.6 Å². The number of halogens is 2. The van der Waals surface area contributed by atoms with Gasteiger partial charge in [-0.05, 0) is 12.5 Å². The van der Waals surface area contributed by atoms with E-state index >= 15 is 0 Å². The van der Waals surface area contributed by atoms with Crippen molar-refractivity contribution in [3.05, 3.63) is 32.3 Å². The third kappa shape index (κ3) is 3.48. The molecule has 0 radical (unpaired) electrons. The predicted molar refractivity (Wildman–Crippen MR) is 72.7 cm³/mol. The van der Waals surface area contributed by atoms with Gasteiger partial charge in [-0.15, -0.1) is 0 Å². The first-order valence-electron chi connectivity index (χ1n) is 5.50. The largest absolute Gasteiger partial charge is 0.395 e. The van der Waals surface area contributed by atoms with Gasteiger partial charge < -0.3 is 10.0 Å². The summed E-state index contributed by atoms with van der Waals surface area (Å²) in [4.78, 5) is 12.2. The molecule has 0 bridgehead atoms. The van der Waals surface area contributed by atoms with Crippen molar-refractivity contribution >= 4 is 34.6 Å². The number of benzene rings is 1. The van der Waals surface area contributed by atoms with Gasteiger partial charge in [-0.25, -0.2) is 0 Å². The molecular weight excluding hydrogens is 279 g/mol. The number of anilines is 1. The summed E-state index contributed by atoms with van der Waals surface area (Å²) >= 11 is 11.7. The molecule has 1 aromatic rings. The van der Waals surface area contributed by atoms with Crippen LogP contribution in [-0.4, -0.2) is 29.7 Å². The normalized spacial score (nSPS) is 10.4. The molecule has 0 aromatic heterocycles. The molecule has 0 amide bonds. The van der Waals surface area contributed by atoms with Crippen molar-refractivity contribution in [1.29, 1.82) is 0 Å². The van der Waals surface area contributed by atoms with E-state index in [9.17, 15) is 10.1 Å². The van der Waals surface area contributed by atoms with Crippen LogP contribution in [0, 0.1) is 10.1 Å². The fraction of sp³-hybridized carbons (Fsp3) is 0.455. The number of aliphatic hydroxyl groups excluding tert-OH is 1. The Morgan fingerprint density at radius 1 is 1.33 bits per heavy atom. The van der Waals surface area contributed by atoms with Crippen LogP contribution in [0.25, 0.3) is 0 Å². The second-order valence-electron chi connectivity index (χ2n) is 3.72. The average Bonchev–Trinajstić information content (AvgIpc) is 2.31. The van der Waals surface area contributed by atoms with Crippen molar-refractivity contribution in [1.82, 2.24) is 0 Å². The molecule has 0 fully saturated rings. The molecule has 5 nitrogen and oxygen atoms in total. The van der Waals surface area contributed by atoms with E-state index in [2.05, 4.69) is 0 Å². The fourth-order valence-electron chi connectivity index (χ4n) is 1.67. The Hall–Kier alpha value is -1.04. The number of nitro benzene ring substituents is 1. The van der Waals surface area contributed by atoms with E-state index in [1.165, 1.54) is 12.1 Å². The number of nitro groups is 1. The maximum absolute atomic E-state index is 11.0. The van der Waals surface area contributed by atoms with Crippen molar-refractivity contribution in [3.63, 3.8) is 0 Å². The zero-order chi connectivity index (χ0) is 13.7. The first-order chi connectivity index (χ1) is 8.51. The second kappa shape index (κ2) is 6.78. The minimum atomic E-state index is -0.502. The fourth-order valence-corrected chi connectivity index (χ4v) is 1.98. The summed E-state index contributed by atoms with van der Waals surface area (Å²) in [5, 5.41) is 20.4. The maximum atomic E-state index is 11.0. The lowest BCUT2D eigenvalue weighted by Gasteiger charge is -2.23. The minimum absolute atomic E-state index is 0.0859. The van der Waals surface area contributed by atoms with Gasteiger partial charge in [-0.3, -0.25) is 10.1 Å².